The highest BCUT2D eigenvalue weighted by molar-refractivity contribution is 5.90. The molecule has 2 aromatic carbocycles. The topological polar surface area (TPSA) is 38.3 Å². The van der Waals surface area contributed by atoms with Crippen molar-refractivity contribution >= 4 is 16.7 Å². The first-order chi connectivity index (χ1) is 15.5. The zero-order valence-electron chi connectivity index (χ0n) is 18.3. The van der Waals surface area contributed by atoms with Gasteiger partial charge in [0.15, 0.2) is 0 Å². The molecule has 0 spiro atoms. The van der Waals surface area contributed by atoms with Crippen molar-refractivity contribution in [3.8, 4) is 5.75 Å². The third kappa shape index (κ3) is 6.54. The summed E-state index contributed by atoms with van der Waals surface area (Å²) >= 11 is 0. The van der Waals surface area contributed by atoms with Crippen molar-refractivity contribution < 1.29 is 35.9 Å². The van der Waals surface area contributed by atoms with E-state index in [9.17, 15) is 31.1 Å². The van der Waals surface area contributed by atoms with Gasteiger partial charge in [0.2, 0.25) is 5.91 Å². The van der Waals surface area contributed by atoms with Gasteiger partial charge in [-0.25, -0.2) is 0 Å². The minimum absolute atomic E-state index is 0.0407. The van der Waals surface area contributed by atoms with Crippen molar-refractivity contribution in [3.05, 3.63) is 41.5 Å². The summed E-state index contributed by atoms with van der Waals surface area (Å²) in [5.41, 5.74) is -0.151. The number of halogens is 6. The first-order valence-corrected chi connectivity index (χ1v) is 11.1. The average molecular weight is 475 g/mol. The van der Waals surface area contributed by atoms with Crippen molar-refractivity contribution in [2.45, 2.75) is 70.3 Å². The Labute approximate surface area is 188 Å². The second kappa shape index (κ2) is 10.2. The van der Waals surface area contributed by atoms with E-state index in [1.54, 1.807) is 25.1 Å². The van der Waals surface area contributed by atoms with Crippen LogP contribution in [-0.4, -0.2) is 24.7 Å². The van der Waals surface area contributed by atoms with Gasteiger partial charge in [0.05, 0.1) is 12.0 Å². The van der Waals surface area contributed by atoms with Crippen molar-refractivity contribution in [2.24, 2.45) is 5.92 Å². The molecule has 0 aromatic heterocycles. The Bertz CT molecular complexity index is 954. The van der Waals surface area contributed by atoms with E-state index < -0.39 is 29.9 Å². The predicted octanol–water partition coefficient (Wildman–Crippen LogP) is 6.95. The Kier molecular flexibility index (Phi) is 7.80. The molecule has 1 aliphatic carbocycles. The van der Waals surface area contributed by atoms with E-state index in [4.69, 9.17) is 4.74 Å². The number of hydrogen-bond donors (Lipinski definition) is 1. The number of ether oxygens (including phenoxy) is 1. The normalized spacial score (nSPS) is 21.7. The van der Waals surface area contributed by atoms with Crippen molar-refractivity contribution in [1.82, 2.24) is 5.32 Å². The number of aryl methyl sites for hydroxylation is 1. The second-order valence-corrected chi connectivity index (χ2v) is 8.55. The predicted molar refractivity (Wildman–Crippen MR) is 113 cm³/mol. The van der Waals surface area contributed by atoms with Crippen LogP contribution >= 0.6 is 0 Å². The van der Waals surface area contributed by atoms with Gasteiger partial charge < -0.3 is 10.1 Å². The minimum atomic E-state index is -4.62. The van der Waals surface area contributed by atoms with Crippen LogP contribution in [0.15, 0.2) is 30.3 Å². The number of piperidine rings is 1. The minimum Gasteiger partial charge on any atom is -0.490 e. The van der Waals surface area contributed by atoms with Crippen LogP contribution in [0.2, 0.25) is 0 Å². The van der Waals surface area contributed by atoms with Crippen LogP contribution in [0.4, 0.5) is 26.3 Å². The smallest absolute Gasteiger partial charge is 0.420 e. The summed E-state index contributed by atoms with van der Waals surface area (Å²) in [5, 5.41) is 3.26. The van der Waals surface area contributed by atoms with Gasteiger partial charge in [-0.05, 0) is 67.9 Å². The number of alkyl halides is 6. The van der Waals surface area contributed by atoms with E-state index in [1.165, 1.54) is 12.1 Å². The largest absolute Gasteiger partial charge is 0.490 e. The third-order valence-electron chi connectivity index (χ3n) is 6.11. The molecule has 182 valence electrons. The quantitative estimate of drug-likeness (QED) is 0.477. The molecule has 1 saturated heterocycles. The molecule has 33 heavy (non-hydrogen) atoms. The summed E-state index contributed by atoms with van der Waals surface area (Å²) in [6.07, 6.45) is -6.62. The third-order valence-corrected chi connectivity index (χ3v) is 6.11. The number of fused-ring (bicyclic) bond motifs is 1. The number of hydrogen-bond acceptors (Lipinski definition) is 2. The van der Waals surface area contributed by atoms with E-state index in [0.717, 1.165) is 25.8 Å². The molecule has 9 heteroatoms. The number of nitrogens with one attached hydrogen (secondary N) is 1. The van der Waals surface area contributed by atoms with Crippen LogP contribution in [0.1, 0.15) is 56.1 Å². The van der Waals surface area contributed by atoms with Crippen LogP contribution < -0.4 is 10.1 Å². The fourth-order valence-electron chi connectivity index (χ4n) is 4.30. The number of carbonyl (C=O) groups excluding carboxylic acids is 1. The van der Waals surface area contributed by atoms with Gasteiger partial charge in [-0.1, -0.05) is 24.3 Å². The zero-order chi connectivity index (χ0) is 24.2. The van der Waals surface area contributed by atoms with Gasteiger partial charge in [-0.2, -0.15) is 26.3 Å². The average Bonchev–Trinajstić information content (AvgIpc) is 2.74. The molecule has 1 saturated carbocycles. The standard InChI is InChI=1S/C19H18F6O.C5H9NO/c1-11-3-2-4-15-14(11)9-10-16(17(15)19(23,24)25)26-13-7-5-12(6-8-13)18(20,21)22;7-5-3-1-2-4-6-5/h2-4,9-10,12-13H,5-8H2,1H3;1-4H2,(H,6,7). The van der Waals surface area contributed by atoms with Gasteiger partial charge in [-0.3, -0.25) is 4.79 Å². The highest BCUT2D eigenvalue weighted by atomic mass is 19.4. The zero-order valence-corrected chi connectivity index (χ0v) is 18.3. The summed E-state index contributed by atoms with van der Waals surface area (Å²) in [7, 11) is 0. The highest BCUT2D eigenvalue weighted by Crippen LogP contribution is 2.44. The lowest BCUT2D eigenvalue weighted by Gasteiger charge is -2.31. The molecule has 2 fully saturated rings. The maximum atomic E-state index is 13.7. The molecule has 0 atom stereocenters. The fraction of sp³-hybridized carbons (Fsp3) is 0.542. The molecule has 4 rings (SSSR count). The van der Waals surface area contributed by atoms with Gasteiger partial charge in [0, 0.05) is 13.0 Å². The van der Waals surface area contributed by atoms with Crippen LogP contribution in [0.5, 0.6) is 5.75 Å². The van der Waals surface area contributed by atoms with Gasteiger partial charge in [0.1, 0.15) is 11.3 Å². The number of rotatable bonds is 2. The number of carbonyl (C=O) groups is 1. The summed E-state index contributed by atoms with van der Waals surface area (Å²) < 4.78 is 84.7. The Morgan fingerprint density at radius 3 is 2.12 bits per heavy atom. The van der Waals surface area contributed by atoms with E-state index in [2.05, 4.69) is 5.32 Å². The fourth-order valence-corrected chi connectivity index (χ4v) is 4.30. The summed E-state index contributed by atoms with van der Waals surface area (Å²) in [6.45, 7) is 2.61. The lowest BCUT2D eigenvalue weighted by Crippen LogP contribution is -2.32. The van der Waals surface area contributed by atoms with Crippen LogP contribution in [0.25, 0.3) is 10.8 Å². The molecule has 3 nitrogen and oxygen atoms in total. The molecule has 0 unspecified atom stereocenters. The van der Waals surface area contributed by atoms with Crippen molar-refractivity contribution in [1.29, 1.82) is 0 Å². The second-order valence-electron chi connectivity index (χ2n) is 8.55. The molecule has 1 heterocycles. The van der Waals surface area contributed by atoms with Crippen molar-refractivity contribution in [2.75, 3.05) is 6.54 Å². The Morgan fingerprint density at radius 2 is 1.61 bits per heavy atom. The molecule has 2 aliphatic rings. The highest BCUT2D eigenvalue weighted by Gasteiger charge is 2.42. The molecule has 1 N–H and O–H groups in total. The summed E-state index contributed by atoms with van der Waals surface area (Å²) in [6, 6.07) is 7.50. The molecular weight excluding hydrogens is 448 g/mol. The molecular formula is C24H27F6NO2. The van der Waals surface area contributed by atoms with Crippen molar-refractivity contribution in [3.63, 3.8) is 0 Å². The number of benzene rings is 2. The van der Waals surface area contributed by atoms with Crippen LogP contribution in [0, 0.1) is 12.8 Å². The van der Waals surface area contributed by atoms with E-state index in [1.807, 2.05) is 0 Å². The first kappa shape index (κ1) is 25.2. The Balaban J connectivity index is 0.000000374. The molecule has 2 aromatic rings. The molecule has 1 amide bonds. The van der Waals surface area contributed by atoms with E-state index in [-0.39, 0.29) is 42.7 Å². The summed E-state index contributed by atoms with van der Waals surface area (Å²) in [4.78, 5) is 10.4. The maximum Gasteiger partial charge on any atom is 0.420 e. The van der Waals surface area contributed by atoms with Gasteiger partial charge >= 0.3 is 12.4 Å². The number of amides is 1. The maximum absolute atomic E-state index is 13.7. The molecule has 1 aliphatic heterocycles. The SMILES string of the molecule is Cc1cccc2c(C(F)(F)F)c(OC3CCC(C(F)(F)F)CC3)ccc12.O=C1CCCCN1. The van der Waals surface area contributed by atoms with Gasteiger partial charge in [-0.15, -0.1) is 0 Å². The Hall–Kier alpha value is -2.45. The summed E-state index contributed by atoms with van der Waals surface area (Å²) in [5.74, 6) is -1.50. The molecule has 0 radical (unpaired) electrons. The first-order valence-electron chi connectivity index (χ1n) is 11.1. The van der Waals surface area contributed by atoms with E-state index >= 15 is 0 Å². The van der Waals surface area contributed by atoms with Crippen LogP contribution in [-0.2, 0) is 11.0 Å². The molecule has 0 bridgehead atoms. The van der Waals surface area contributed by atoms with Gasteiger partial charge in [0.25, 0.3) is 0 Å². The Morgan fingerprint density at radius 1 is 0.909 bits per heavy atom. The lowest BCUT2D eigenvalue weighted by atomic mass is 9.87. The van der Waals surface area contributed by atoms with E-state index in [0.29, 0.717) is 10.9 Å². The lowest BCUT2D eigenvalue weighted by molar-refractivity contribution is -0.185. The monoisotopic (exact) mass is 475 g/mol. The van der Waals surface area contributed by atoms with Crippen LogP contribution in [0.3, 0.4) is 0 Å².